The molecule has 18 heavy (non-hydrogen) atoms. The Kier molecular flexibility index (Phi) is 4.16. The Morgan fingerprint density at radius 1 is 1.17 bits per heavy atom. The highest BCUT2D eigenvalue weighted by molar-refractivity contribution is 5.97. The van der Waals surface area contributed by atoms with Crippen LogP contribution >= 0.6 is 0 Å². The summed E-state index contributed by atoms with van der Waals surface area (Å²) in [7, 11) is 0. The molecule has 2 aromatic rings. The van der Waals surface area contributed by atoms with Crippen molar-refractivity contribution < 1.29 is 4.74 Å². The number of nitrogens with zero attached hydrogens (tertiary/aromatic N) is 1. The van der Waals surface area contributed by atoms with Gasteiger partial charge >= 0.3 is 0 Å². The molecule has 0 amide bonds. The van der Waals surface area contributed by atoms with Gasteiger partial charge in [0, 0.05) is 29.6 Å². The van der Waals surface area contributed by atoms with Crippen molar-refractivity contribution in [2.75, 3.05) is 25.1 Å². The smallest absolute Gasteiger partial charge is 0.0998 e. The van der Waals surface area contributed by atoms with Crippen LogP contribution < -0.4 is 5.32 Å². The van der Waals surface area contributed by atoms with E-state index in [0.29, 0.717) is 12.2 Å². The molecule has 92 valence electrons. The van der Waals surface area contributed by atoms with Gasteiger partial charge in [-0.2, -0.15) is 5.26 Å². The van der Waals surface area contributed by atoms with Crippen LogP contribution in [-0.4, -0.2) is 19.8 Å². The van der Waals surface area contributed by atoms with Crippen molar-refractivity contribution in [3.05, 3.63) is 42.0 Å². The van der Waals surface area contributed by atoms with Crippen LogP contribution in [-0.2, 0) is 4.74 Å². The second kappa shape index (κ2) is 6.04. The molecule has 0 spiro atoms. The molecule has 3 heteroatoms. The fourth-order valence-corrected chi connectivity index (χ4v) is 1.95. The van der Waals surface area contributed by atoms with Gasteiger partial charge in [0.1, 0.15) is 0 Å². The van der Waals surface area contributed by atoms with Crippen LogP contribution in [0.3, 0.4) is 0 Å². The van der Waals surface area contributed by atoms with Crippen LogP contribution in [0.5, 0.6) is 0 Å². The molecule has 0 aliphatic heterocycles. The molecular formula is C15H16N2O. The summed E-state index contributed by atoms with van der Waals surface area (Å²) in [6.45, 7) is 4.17. The van der Waals surface area contributed by atoms with Crippen LogP contribution in [0.15, 0.2) is 36.4 Å². The molecule has 0 atom stereocenters. The topological polar surface area (TPSA) is 45.0 Å². The van der Waals surface area contributed by atoms with Gasteiger partial charge in [-0.1, -0.05) is 24.3 Å². The predicted molar refractivity (Wildman–Crippen MR) is 73.6 cm³/mol. The van der Waals surface area contributed by atoms with Crippen LogP contribution in [0.25, 0.3) is 10.8 Å². The summed E-state index contributed by atoms with van der Waals surface area (Å²) in [6.07, 6.45) is 0. The van der Waals surface area contributed by atoms with E-state index in [1.165, 1.54) is 0 Å². The lowest BCUT2D eigenvalue weighted by atomic mass is 10.0. The van der Waals surface area contributed by atoms with Gasteiger partial charge in [0.25, 0.3) is 0 Å². The van der Waals surface area contributed by atoms with Crippen LogP contribution in [0.2, 0.25) is 0 Å². The summed E-state index contributed by atoms with van der Waals surface area (Å²) < 4.78 is 5.30. The molecule has 0 aromatic heterocycles. The molecule has 0 saturated heterocycles. The maximum absolute atomic E-state index is 9.08. The van der Waals surface area contributed by atoms with Gasteiger partial charge in [-0.3, -0.25) is 0 Å². The van der Waals surface area contributed by atoms with Gasteiger partial charge in [0.15, 0.2) is 0 Å². The van der Waals surface area contributed by atoms with Gasteiger partial charge in [-0.05, 0) is 19.1 Å². The zero-order chi connectivity index (χ0) is 12.8. The Labute approximate surface area is 107 Å². The van der Waals surface area contributed by atoms with E-state index in [0.717, 1.165) is 29.6 Å². The maximum Gasteiger partial charge on any atom is 0.0998 e. The Balaban J connectivity index is 2.27. The fourth-order valence-electron chi connectivity index (χ4n) is 1.95. The van der Waals surface area contributed by atoms with E-state index in [2.05, 4.69) is 11.4 Å². The van der Waals surface area contributed by atoms with E-state index in [9.17, 15) is 0 Å². The standard InChI is InChI=1S/C15H16N2O/c1-2-18-10-9-17-15-8-7-12(11-16)13-5-3-4-6-14(13)15/h3-8,17H,2,9-10H2,1H3. The Hall–Kier alpha value is -2.05. The summed E-state index contributed by atoms with van der Waals surface area (Å²) in [4.78, 5) is 0. The van der Waals surface area contributed by atoms with E-state index < -0.39 is 0 Å². The number of hydrogen-bond acceptors (Lipinski definition) is 3. The molecule has 2 aromatic carbocycles. The number of anilines is 1. The highest BCUT2D eigenvalue weighted by atomic mass is 16.5. The van der Waals surface area contributed by atoms with Gasteiger partial charge in [-0.25, -0.2) is 0 Å². The van der Waals surface area contributed by atoms with Gasteiger partial charge in [0.2, 0.25) is 0 Å². The van der Waals surface area contributed by atoms with Crippen LogP contribution in [0.4, 0.5) is 5.69 Å². The van der Waals surface area contributed by atoms with Crippen molar-refractivity contribution in [3.8, 4) is 6.07 Å². The molecule has 0 radical (unpaired) electrons. The third-order valence-electron chi connectivity index (χ3n) is 2.81. The van der Waals surface area contributed by atoms with E-state index in [1.807, 2.05) is 43.3 Å². The number of nitriles is 1. The van der Waals surface area contributed by atoms with Crippen molar-refractivity contribution in [2.24, 2.45) is 0 Å². The number of fused-ring (bicyclic) bond motifs is 1. The summed E-state index contributed by atoms with van der Waals surface area (Å²) in [5, 5.41) is 14.5. The zero-order valence-corrected chi connectivity index (χ0v) is 10.4. The average molecular weight is 240 g/mol. The monoisotopic (exact) mass is 240 g/mol. The minimum Gasteiger partial charge on any atom is -0.382 e. The molecule has 3 nitrogen and oxygen atoms in total. The maximum atomic E-state index is 9.08. The zero-order valence-electron chi connectivity index (χ0n) is 10.4. The molecule has 1 N–H and O–H groups in total. The number of ether oxygens (including phenoxy) is 1. The summed E-state index contributed by atoms with van der Waals surface area (Å²) >= 11 is 0. The van der Waals surface area contributed by atoms with Crippen molar-refractivity contribution in [1.82, 2.24) is 0 Å². The fraction of sp³-hybridized carbons (Fsp3) is 0.267. The first-order valence-electron chi connectivity index (χ1n) is 6.10. The second-order valence-electron chi connectivity index (χ2n) is 3.94. The molecule has 0 saturated carbocycles. The number of benzene rings is 2. The number of rotatable bonds is 5. The predicted octanol–water partition coefficient (Wildman–Crippen LogP) is 3.16. The molecule has 0 fully saturated rings. The van der Waals surface area contributed by atoms with E-state index in [4.69, 9.17) is 10.00 Å². The molecule has 2 rings (SSSR count). The van der Waals surface area contributed by atoms with E-state index in [-0.39, 0.29) is 0 Å². The molecule has 0 aliphatic rings. The van der Waals surface area contributed by atoms with E-state index in [1.54, 1.807) is 0 Å². The van der Waals surface area contributed by atoms with Crippen molar-refractivity contribution in [2.45, 2.75) is 6.92 Å². The van der Waals surface area contributed by atoms with Crippen LogP contribution in [0, 0.1) is 11.3 Å². The largest absolute Gasteiger partial charge is 0.382 e. The summed E-state index contributed by atoms with van der Waals surface area (Å²) in [5.41, 5.74) is 1.75. The molecule has 0 aliphatic carbocycles. The minimum absolute atomic E-state index is 0.685. The van der Waals surface area contributed by atoms with Gasteiger partial charge in [-0.15, -0.1) is 0 Å². The quantitative estimate of drug-likeness (QED) is 0.816. The first-order chi connectivity index (χ1) is 8.86. The molecule has 0 unspecified atom stereocenters. The van der Waals surface area contributed by atoms with E-state index >= 15 is 0 Å². The molecule has 0 heterocycles. The van der Waals surface area contributed by atoms with Crippen molar-refractivity contribution >= 4 is 16.5 Å². The third kappa shape index (κ3) is 2.61. The average Bonchev–Trinajstić information content (AvgIpc) is 2.43. The van der Waals surface area contributed by atoms with Gasteiger partial charge in [0.05, 0.1) is 18.2 Å². The Morgan fingerprint density at radius 2 is 1.94 bits per heavy atom. The summed E-state index contributed by atoms with van der Waals surface area (Å²) in [6, 6.07) is 14.0. The van der Waals surface area contributed by atoms with Crippen LogP contribution in [0.1, 0.15) is 12.5 Å². The second-order valence-corrected chi connectivity index (χ2v) is 3.94. The number of nitrogens with one attached hydrogen (secondary N) is 1. The van der Waals surface area contributed by atoms with Crippen molar-refractivity contribution in [3.63, 3.8) is 0 Å². The van der Waals surface area contributed by atoms with Crippen molar-refractivity contribution in [1.29, 1.82) is 5.26 Å². The molecular weight excluding hydrogens is 224 g/mol. The Morgan fingerprint density at radius 3 is 2.67 bits per heavy atom. The summed E-state index contributed by atoms with van der Waals surface area (Å²) in [5.74, 6) is 0. The first-order valence-corrected chi connectivity index (χ1v) is 6.10. The third-order valence-corrected chi connectivity index (χ3v) is 2.81. The SMILES string of the molecule is CCOCCNc1ccc(C#N)c2ccccc12. The minimum atomic E-state index is 0.685. The lowest BCUT2D eigenvalue weighted by Crippen LogP contribution is -2.09. The first kappa shape index (κ1) is 12.4. The lowest BCUT2D eigenvalue weighted by Gasteiger charge is -2.10. The van der Waals surface area contributed by atoms with Gasteiger partial charge < -0.3 is 10.1 Å². The number of hydrogen-bond donors (Lipinski definition) is 1. The highest BCUT2D eigenvalue weighted by Gasteiger charge is 2.04. The normalized spacial score (nSPS) is 10.2. The molecule has 0 bridgehead atoms. The highest BCUT2D eigenvalue weighted by Crippen LogP contribution is 2.26. The lowest BCUT2D eigenvalue weighted by molar-refractivity contribution is 0.158. The Bertz CT molecular complexity index is 572.